The zero-order chi connectivity index (χ0) is 21.0. The lowest BCUT2D eigenvalue weighted by Crippen LogP contribution is -2.35. The van der Waals surface area contributed by atoms with Crippen molar-refractivity contribution in [3.8, 4) is 0 Å². The molecule has 1 amide bonds. The topological polar surface area (TPSA) is 54.9 Å². The largest absolute Gasteiger partial charge is 0.346 e. The minimum Gasteiger partial charge on any atom is -0.346 e. The predicted molar refractivity (Wildman–Crippen MR) is 110 cm³/mol. The Balaban J connectivity index is 1.79. The van der Waals surface area contributed by atoms with Gasteiger partial charge in [0.05, 0.1) is 12.1 Å². The van der Waals surface area contributed by atoms with Gasteiger partial charge in [0.15, 0.2) is 0 Å². The first-order chi connectivity index (χ1) is 13.8. The van der Waals surface area contributed by atoms with Gasteiger partial charge in [-0.25, -0.2) is 9.97 Å². The number of alkyl halides is 2. The molecule has 0 aliphatic rings. The number of halogens is 3. The molecule has 0 bridgehead atoms. The lowest BCUT2D eigenvalue weighted by molar-refractivity contribution is -0.00310. The molecule has 0 aliphatic carbocycles. The third-order valence-electron chi connectivity index (χ3n) is 4.18. The summed E-state index contributed by atoms with van der Waals surface area (Å²) < 4.78 is 29.4. The van der Waals surface area contributed by atoms with Crippen molar-refractivity contribution in [1.29, 1.82) is 0 Å². The van der Waals surface area contributed by atoms with Crippen LogP contribution in [0.25, 0.3) is 0 Å². The number of amides is 1. The van der Waals surface area contributed by atoms with E-state index in [-0.39, 0.29) is 16.3 Å². The van der Waals surface area contributed by atoms with Crippen molar-refractivity contribution in [2.45, 2.75) is 29.7 Å². The first-order valence-corrected chi connectivity index (χ1v) is 9.94. The van der Waals surface area contributed by atoms with Crippen LogP contribution in [0.3, 0.4) is 0 Å². The van der Waals surface area contributed by atoms with Gasteiger partial charge in [0.1, 0.15) is 10.2 Å². The van der Waals surface area contributed by atoms with Crippen molar-refractivity contribution < 1.29 is 13.6 Å². The number of pyridine rings is 2. The molecule has 0 atom stereocenters. The van der Waals surface area contributed by atoms with Gasteiger partial charge in [-0.2, -0.15) is 8.78 Å². The summed E-state index contributed by atoms with van der Waals surface area (Å²) in [7, 11) is 0. The molecule has 0 fully saturated rings. The molecule has 3 aromatic rings. The number of nitrogens with one attached hydrogen (secondary N) is 1. The van der Waals surface area contributed by atoms with Crippen LogP contribution in [0.1, 0.15) is 27.0 Å². The Morgan fingerprint density at radius 2 is 1.97 bits per heavy atom. The van der Waals surface area contributed by atoms with Crippen LogP contribution < -0.4 is 5.32 Å². The molecule has 0 aliphatic heterocycles. The molecule has 3 rings (SSSR count). The Morgan fingerprint density at radius 1 is 1.17 bits per heavy atom. The maximum atomic E-state index is 14.7. The monoisotopic (exact) mass is 433 g/mol. The third kappa shape index (κ3) is 5.31. The number of nitrogens with zero attached hydrogens (tertiary/aromatic N) is 2. The second-order valence-electron chi connectivity index (χ2n) is 6.48. The van der Waals surface area contributed by atoms with E-state index >= 15 is 0 Å². The van der Waals surface area contributed by atoms with Crippen LogP contribution in [0.4, 0.5) is 8.78 Å². The zero-order valence-corrected chi connectivity index (χ0v) is 17.3. The molecule has 0 unspecified atom stereocenters. The van der Waals surface area contributed by atoms with E-state index in [0.717, 1.165) is 5.56 Å². The lowest BCUT2D eigenvalue weighted by Gasteiger charge is -2.20. The SMILES string of the molecule is Cc1ccc(C(F)(F)CNC(=O)c2cc(Cl)ncc2Sc2ccccn2)c(C)c1. The molecule has 2 heterocycles. The van der Waals surface area contributed by atoms with Gasteiger partial charge < -0.3 is 5.32 Å². The molecule has 1 N–H and O–H groups in total. The Bertz CT molecular complexity index is 1030. The maximum absolute atomic E-state index is 14.7. The molecule has 0 radical (unpaired) electrons. The van der Waals surface area contributed by atoms with Crippen molar-refractivity contribution in [2.75, 3.05) is 6.54 Å². The fraction of sp³-hybridized carbons (Fsp3) is 0.190. The number of aromatic nitrogens is 2. The minimum atomic E-state index is -3.21. The fourth-order valence-electron chi connectivity index (χ4n) is 2.80. The van der Waals surface area contributed by atoms with Gasteiger partial charge in [0.25, 0.3) is 11.8 Å². The van der Waals surface area contributed by atoms with Gasteiger partial charge in [-0.05, 0) is 37.6 Å². The van der Waals surface area contributed by atoms with Crippen LogP contribution in [0, 0.1) is 13.8 Å². The number of carbonyl (C=O) groups is 1. The van der Waals surface area contributed by atoms with Crippen molar-refractivity contribution in [3.05, 3.63) is 82.3 Å². The summed E-state index contributed by atoms with van der Waals surface area (Å²) >= 11 is 7.13. The molecule has 1 aromatic carbocycles. The van der Waals surface area contributed by atoms with E-state index in [1.165, 1.54) is 30.1 Å². The van der Waals surface area contributed by atoms with Gasteiger partial charge in [0.2, 0.25) is 0 Å². The normalized spacial score (nSPS) is 11.3. The van der Waals surface area contributed by atoms with E-state index in [1.54, 1.807) is 37.4 Å². The first kappa shape index (κ1) is 21.2. The van der Waals surface area contributed by atoms with Crippen LogP contribution in [0.5, 0.6) is 0 Å². The molecule has 4 nitrogen and oxygen atoms in total. The molecule has 2 aromatic heterocycles. The van der Waals surface area contributed by atoms with E-state index in [1.807, 2.05) is 13.0 Å². The summed E-state index contributed by atoms with van der Waals surface area (Å²) in [5.41, 5.74) is 1.42. The number of benzene rings is 1. The Labute approximate surface area is 176 Å². The van der Waals surface area contributed by atoms with Crippen molar-refractivity contribution in [1.82, 2.24) is 15.3 Å². The third-order valence-corrected chi connectivity index (χ3v) is 5.38. The Hall–Kier alpha value is -2.51. The number of aryl methyl sites for hydroxylation is 2. The van der Waals surface area contributed by atoms with Gasteiger partial charge in [0, 0.05) is 22.9 Å². The van der Waals surface area contributed by atoms with Crippen molar-refractivity contribution in [3.63, 3.8) is 0 Å². The van der Waals surface area contributed by atoms with Crippen LogP contribution in [0.15, 0.2) is 64.8 Å². The summed E-state index contributed by atoms with van der Waals surface area (Å²) in [6.07, 6.45) is 3.05. The quantitative estimate of drug-likeness (QED) is 0.527. The summed E-state index contributed by atoms with van der Waals surface area (Å²) in [5, 5.41) is 3.07. The highest BCUT2D eigenvalue weighted by Crippen LogP contribution is 2.32. The molecule has 0 spiro atoms. The number of hydrogen-bond donors (Lipinski definition) is 1. The average molecular weight is 434 g/mol. The van der Waals surface area contributed by atoms with Gasteiger partial charge in [-0.1, -0.05) is 53.2 Å². The van der Waals surface area contributed by atoms with Crippen LogP contribution in [0.2, 0.25) is 5.15 Å². The Morgan fingerprint density at radius 3 is 2.66 bits per heavy atom. The average Bonchev–Trinajstić information content (AvgIpc) is 2.68. The van der Waals surface area contributed by atoms with Gasteiger partial charge >= 0.3 is 0 Å². The highest BCUT2D eigenvalue weighted by molar-refractivity contribution is 7.99. The van der Waals surface area contributed by atoms with Crippen LogP contribution in [-0.2, 0) is 5.92 Å². The second-order valence-corrected chi connectivity index (χ2v) is 7.93. The molecular weight excluding hydrogens is 416 g/mol. The summed E-state index contributed by atoms with van der Waals surface area (Å²) in [6, 6.07) is 11.4. The van der Waals surface area contributed by atoms with E-state index in [2.05, 4.69) is 15.3 Å². The van der Waals surface area contributed by atoms with Crippen molar-refractivity contribution in [2.24, 2.45) is 0 Å². The molecule has 0 saturated carbocycles. The predicted octanol–water partition coefficient (Wildman–Crippen LogP) is 5.42. The van der Waals surface area contributed by atoms with E-state index in [4.69, 9.17) is 11.6 Å². The zero-order valence-electron chi connectivity index (χ0n) is 15.7. The van der Waals surface area contributed by atoms with Gasteiger partial charge in [-0.15, -0.1) is 0 Å². The van der Waals surface area contributed by atoms with Crippen LogP contribution in [-0.4, -0.2) is 22.4 Å². The fourth-order valence-corrected chi connectivity index (χ4v) is 3.81. The summed E-state index contributed by atoms with van der Waals surface area (Å²) in [6.45, 7) is 2.64. The number of carbonyl (C=O) groups excluding carboxylic acids is 1. The maximum Gasteiger partial charge on any atom is 0.290 e. The lowest BCUT2D eigenvalue weighted by atomic mass is 10.00. The van der Waals surface area contributed by atoms with E-state index < -0.39 is 18.4 Å². The highest BCUT2D eigenvalue weighted by atomic mass is 35.5. The molecule has 0 saturated heterocycles. The molecule has 29 heavy (non-hydrogen) atoms. The second kappa shape index (κ2) is 8.88. The minimum absolute atomic E-state index is 0.0988. The Kier molecular flexibility index (Phi) is 6.49. The highest BCUT2D eigenvalue weighted by Gasteiger charge is 2.34. The number of hydrogen-bond acceptors (Lipinski definition) is 4. The first-order valence-electron chi connectivity index (χ1n) is 8.74. The number of rotatable bonds is 6. The standard InChI is InChI=1S/C21H18ClF2N3OS/c1-13-6-7-16(14(2)9-13)21(23,24)12-27-20(28)15-10-18(22)26-11-17(15)29-19-5-3-4-8-25-19/h3-11H,12H2,1-2H3,(H,27,28). The summed E-state index contributed by atoms with van der Waals surface area (Å²) in [5.74, 6) is -3.87. The molecule has 8 heteroatoms. The molecule has 150 valence electrons. The molecular formula is C21H18ClF2N3OS. The summed E-state index contributed by atoms with van der Waals surface area (Å²) in [4.78, 5) is 21.3. The van der Waals surface area contributed by atoms with Gasteiger partial charge in [-0.3, -0.25) is 4.79 Å². The smallest absolute Gasteiger partial charge is 0.290 e. The van der Waals surface area contributed by atoms with E-state index in [9.17, 15) is 13.6 Å². The van der Waals surface area contributed by atoms with Crippen LogP contribution >= 0.6 is 23.4 Å². The van der Waals surface area contributed by atoms with Crippen molar-refractivity contribution >= 4 is 29.3 Å². The van der Waals surface area contributed by atoms with E-state index in [0.29, 0.717) is 15.5 Å².